The van der Waals surface area contributed by atoms with E-state index in [0.717, 1.165) is 28.2 Å². The van der Waals surface area contributed by atoms with Crippen LogP contribution in [0, 0.1) is 11.8 Å². The zero-order valence-corrected chi connectivity index (χ0v) is 21.3. The molecule has 7 rings (SSSR count). The fourth-order valence-corrected chi connectivity index (χ4v) is 6.27. The van der Waals surface area contributed by atoms with Crippen molar-refractivity contribution in [3.8, 4) is 11.5 Å². The van der Waals surface area contributed by atoms with Crippen LogP contribution in [0.4, 0.5) is 24.5 Å². The number of benzene rings is 3. The average molecular weight is 562 g/mol. The number of ether oxygens (including phenoxy) is 2. The Morgan fingerprint density at radius 1 is 0.878 bits per heavy atom. The van der Waals surface area contributed by atoms with Crippen molar-refractivity contribution in [2.24, 2.45) is 11.8 Å². The topological polar surface area (TPSA) is 88.2 Å². The van der Waals surface area contributed by atoms with Gasteiger partial charge in [0.15, 0.2) is 11.5 Å². The molecule has 3 amide bonds. The van der Waals surface area contributed by atoms with Crippen LogP contribution in [0.1, 0.15) is 22.7 Å². The molecule has 4 atom stereocenters. The smallest absolute Gasteiger partial charge is 0.416 e. The largest absolute Gasteiger partial charge is 0.486 e. The summed E-state index contributed by atoms with van der Waals surface area (Å²) < 4.78 is 51.1. The van der Waals surface area contributed by atoms with Crippen molar-refractivity contribution in [3.63, 3.8) is 0 Å². The van der Waals surface area contributed by atoms with Crippen LogP contribution in [0.5, 0.6) is 11.5 Å². The number of carbonyl (C=O) groups is 3. The fourth-order valence-electron chi connectivity index (χ4n) is 6.27. The Morgan fingerprint density at radius 3 is 2.44 bits per heavy atom. The van der Waals surface area contributed by atoms with Crippen molar-refractivity contribution in [1.29, 1.82) is 0 Å². The summed E-state index contributed by atoms with van der Waals surface area (Å²) >= 11 is 0. The number of nitrogens with zero attached hydrogens (tertiary/aromatic N) is 2. The van der Waals surface area contributed by atoms with Gasteiger partial charge in [0.1, 0.15) is 19.3 Å². The first-order valence-electron chi connectivity index (χ1n) is 13.0. The zero-order valence-electron chi connectivity index (χ0n) is 21.3. The highest BCUT2D eigenvalue weighted by molar-refractivity contribution is 6.24. The molecular weight excluding hydrogens is 539 g/mol. The number of halogens is 3. The van der Waals surface area contributed by atoms with Crippen molar-refractivity contribution >= 4 is 35.2 Å². The van der Waals surface area contributed by atoms with Gasteiger partial charge < -0.3 is 19.7 Å². The molecule has 0 bridgehead atoms. The minimum absolute atomic E-state index is 0.0633. The molecule has 11 heteroatoms. The number of hydrogen-bond acceptors (Lipinski definition) is 6. The van der Waals surface area contributed by atoms with E-state index in [1.165, 1.54) is 12.1 Å². The van der Waals surface area contributed by atoms with Gasteiger partial charge >= 0.3 is 6.18 Å². The van der Waals surface area contributed by atoms with Gasteiger partial charge in [-0.3, -0.25) is 14.4 Å². The minimum atomic E-state index is -4.60. The number of anilines is 2. The molecule has 0 spiro atoms. The number of nitrogens with one attached hydrogen (secondary N) is 1. The number of imide groups is 1. The Labute approximate surface area is 231 Å². The standard InChI is InChI=1S/C30H22F3N3O5/c31-30(32,33)17-5-3-6-18(14-17)34-27(37)26-24-23(25-20-7-2-1-4-16(20)10-11-35(25)26)28(38)36(29(24)39)19-8-9-21-22(15-19)41-13-12-40-21/h1-11,14-15,23-26H,12-13H2,(H,34,37)/t23-,24-,25+,26+/m0/s1. The van der Waals surface area contributed by atoms with Crippen molar-refractivity contribution in [2.75, 3.05) is 23.4 Å². The maximum atomic E-state index is 14.0. The second-order valence-electron chi connectivity index (χ2n) is 10.2. The van der Waals surface area contributed by atoms with E-state index in [-0.39, 0.29) is 5.69 Å². The first-order valence-corrected chi connectivity index (χ1v) is 13.0. The Kier molecular flexibility index (Phi) is 5.60. The number of fused-ring (bicyclic) bond motifs is 6. The summed E-state index contributed by atoms with van der Waals surface area (Å²) in [7, 11) is 0. The van der Waals surface area contributed by atoms with Crippen LogP contribution in [0.3, 0.4) is 0 Å². The number of rotatable bonds is 3. The van der Waals surface area contributed by atoms with Gasteiger partial charge in [0.2, 0.25) is 17.7 Å². The number of carbonyl (C=O) groups excluding carboxylic acids is 3. The second-order valence-corrected chi connectivity index (χ2v) is 10.2. The maximum absolute atomic E-state index is 14.0. The van der Waals surface area contributed by atoms with Crippen LogP contribution < -0.4 is 19.7 Å². The van der Waals surface area contributed by atoms with E-state index in [2.05, 4.69) is 5.32 Å². The molecule has 4 aliphatic heterocycles. The molecular formula is C30H22F3N3O5. The van der Waals surface area contributed by atoms with Crippen molar-refractivity contribution in [2.45, 2.75) is 18.3 Å². The van der Waals surface area contributed by atoms with Crippen molar-refractivity contribution < 1.29 is 37.0 Å². The highest BCUT2D eigenvalue weighted by Crippen LogP contribution is 2.53. The highest BCUT2D eigenvalue weighted by Gasteiger charge is 2.64. The Hall–Kier alpha value is -4.80. The summed E-state index contributed by atoms with van der Waals surface area (Å²) in [6, 6.07) is 14.7. The molecule has 2 saturated heterocycles. The van der Waals surface area contributed by atoms with E-state index in [0.29, 0.717) is 30.4 Å². The number of hydrogen-bond donors (Lipinski definition) is 1. The maximum Gasteiger partial charge on any atom is 0.416 e. The molecule has 4 aliphatic rings. The lowest BCUT2D eigenvalue weighted by Crippen LogP contribution is -2.46. The molecule has 208 valence electrons. The van der Waals surface area contributed by atoms with Gasteiger partial charge in [0, 0.05) is 18.0 Å². The molecule has 0 aliphatic carbocycles. The molecule has 8 nitrogen and oxygen atoms in total. The predicted octanol–water partition coefficient (Wildman–Crippen LogP) is 4.63. The summed E-state index contributed by atoms with van der Waals surface area (Å²) in [5.74, 6) is -2.81. The van der Waals surface area contributed by atoms with E-state index < -0.39 is 53.4 Å². The molecule has 3 aromatic rings. The second kappa shape index (κ2) is 9.12. The minimum Gasteiger partial charge on any atom is -0.486 e. The van der Waals surface area contributed by atoms with Gasteiger partial charge in [-0.2, -0.15) is 13.2 Å². The van der Waals surface area contributed by atoms with Gasteiger partial charge in [-0.25, -0.2) is 4.90 Å². The molecule has 0 unspecified atom stereocenters. The van der Waals surface area contributed by atoms with Gasteiger partial charge in [-0.05, 0) is 47.5 Å². The van der Waals surface area contributed by atoms with Gasteiger partial charge in [-0.15, -0.1) is 0 Å². The van der Waals surface area contributed by atoms with Crippen molar-refractivity contribution in [1.82, 2.24) is 4.90 Å². The van der Waals surface area contributed by atoms with Crippen LogP contribution in [0.15, 0.2) is 72.9 Å². The van der Waals surface area contributed by atoms with Crippen LogP contribution in [-0.4, -0.2) is 41.9 Å². The van der Waals surface area contributed by atoms with Gasteiger partial charge in [0.05, 0.1) is 29.1 Å². The summed E-state index contributed by atoms with van der Waals surface area (Å²) in [4.78, 5) is 44.6. The van der Waals surface area contributed by atoms with E-state index in [9.17, 15) is 27.6 Å². The van der Waals surface area contributed by atoms with E-state index >= 15 is 0 Å². The third-order valence-electron chi connectivity index (χ3n) is 7.97. The highest BCUT2D eigenvalue weighted by atomic mass is 19.4. The SMILES string of the molecule is O=C(Nc1cccc(C(F)(F)F)c1)[C@H]1[C@H]2C(=O)N(c3ccc4c(c3)OCCO4)C(=O)[C@@H]2[C@H]2c3ccccc3C=CN21. The summed E-state index contributed by atoms with van der Waals surface area (Å²) in [6.07, 6.45) is -1.12. The molecule has 41 heavy (non-hydrogen) atoms. The molecule has 3 aromatic carbocycles. The fraction of sp³-hybridized carbons (Fsp3) is 0.233. The van der Waals surface area contributed by atoms with E-state index in [1.807, 2.05) is 24.3 Å². The monoisotopic (exact) mass is 561 g/mol. The molecule has 0 radical (unpaired) electrons. The van der Waals surface area contributed by atoms with Crippen molar-refractivity contribution in [3.05, 3.63) is 89.6 Å². The van der Waals surface area contributed by atoms with E-state index in [1.54, 1.807) is 35.4 Å². The summed E-state index contributed by atoms with van der Waals surface area (Å²) in [5.41, 5.74) is 0.948. The van der Waals surface area contributed by atoms with E-state index in [4.69, 9.17) is 9.47 Å². The number of alkyl halides is 3. The lowest BCUT2D eigenvalue weighted by Gasteiger charge is -2.35. The molecule has 0 aromatic heterocycles. The molecule has 0 saturated carbocycles. The third kappa shape index (κ3) is 3.94. The van der Waals surface area contributed by atoms with Crippen LogP contribution in [0.2, 0.25) is 0 Å². The quantitative estimate of drug-likeness (QED) is 0.470. The van der Waals surface area contributed by atoms with Crippen LogP contribution >= 0.6 is 0 Å². The Morgan fingerprint density at radius 2 is 1.63 bits per heavy atom. The predicted molar refractivity (Wildman–Crippen MR) is 141 cm³/mol. The Bertz CT molecular complexity index is 1640. The summed E-state index contributed by atoms with van der Waals surface area (Å²) in [5, 5.41) is 2.56. The molecule has 4 heterocycles. The first-order chi connectivity index (χ1) is 19.7. The third-order valence-corrected chi connectivity index (χ3v) is 7.97. The number of amides is 3. The Balaban J connectivity index is 1.28. The van der Waals surface area contributed by atoms with Crippen LogP contribution in [0.25, 0.3) is 6.08 Å². The average Bonchev–Trinajstić information content (AvgIpc) is 3.44. The lowest BCUT2D eigenvalue weighted by molar-refractivity contribution is -0.137. The van der Waals surface area contributed by atoms with Gasteiger partial charge in [0.25, 0.3) is 0 Å². The first kappa shape index (κ1) is 25.2. The molecule has 2 fully saturated rings. The van der Waals surface area contributed by atoms with Gasteiger partial charge in [-0.1, -0.05) is 30.3 Å². The van der Waals surface area contributed by atoms with Crippen LogP contribution in [-0.2, 0) is 20.6 Å². The molecule has 1 N–H and O–H groups in total. The lowest BCUT2D eigenvalue weighted by atomic mass is 9.84. The normalized spacial score (nSPS) is 24.2. The zero-order chi connectivity index (χ0) is 28.5. The summed E-state index contributed by atoms with van der Waals surface area (Å²) in [6.45, 7) is 0.701.